The van der Waals surface area contributed by atoms with Gasteiger partial charge in [-0.2, -0.15) is 0 Å². The van der Waals surface area contributed by atoms with Gasteiger partial charge in [-0.25, -0.2) is 0 Å². The largest absolute Gasteiger partial charge is 0.486 e. The fourth-order valence-corrected chi connectivity index (χ4v) is 2.94. The first-order chi connectivity index (χ1) is 10.8. The van der Waals surface area contributed by atoms with Crippen LogP contribution in [0.5, 0.6) is 11.5 Å². The third-order valence-corrected chi connectivity index (χ3v) is 4.15. The summed E-state index contributed by atoms with van der Waals surface area (Å²) in [4.78, 5) is 14.0. The van der Waals surface area contributed by atoms with Crippen LogP contribution in [0, 0.1) is 0 Å². The van der Waals surface area contributed by atoms with Crippen LogP contribution in [0.3, 0.4) is 0 Å². The van der Waals surface area contributed by atoms with Gasteiger partial charge in [-0.3, -0.25) is 9.69 Å². The predicted octanol–water partition coefficient (Wildman–Crippen LogP) is 0.399. The van der Waals surface area contributed by atoms with Crippen LogP contribution in [-0.4, -0.2) is 60.9 Å². The molecule has 0 saturated carbocycles. The summed E-state index contributed by atoms with van der Waals surface area (Å²) in [5.74, 6) is 1.42. The van der Waals surface area contributed by atoms with Crippen molar-refractivity contribution in [1.29, 1.82) is 0 Å². The molecule has 0 aromatic heterocycles. The first-order valence-electron chi connectivity index (χ1n) is 7.76. The van der Waals surface area contributed by atoms with Crippen LogP contribution in [-0.2, 0) is 4.79 Å². The highest BCUT2D eigenvalue weighted by Gasteiger charge is 2.26. The number of aliphatic hydroxyl groups is 1. The molecule has 120 valence electrons. The zero-order valence-electron chi connectivity index (χ0n) is 12.5. The van der Waals surface area contributed by atoms with Crippen LogP contribution in [0.4, 0.5) is 0 Å². The van der Waals surface area contributed by atoms with E-state index in [4.69, 9.17) is 9.47 Å². The number of likely N-dealkylation sites (tertiary alicyclic amines) is 1. The second-order valence-electron chi connectivity index (χ2n) is 5.75. The number of hydrogen-bond donors (Lipinski definition) is 2. The molecule has 2 heterocycles. The predicted molar refractivity (Wildman–Crippen MR) is 81.0 cm³/mol. The number of nitrogens with zero attached hydrogens (tertiary/aromatic N) is 1. The van der Waals surface area contributed by atoms with Crippen LogP contribution in [0.1, 0.15) is 12.8 Å². The first-order valence-corrected chi connectivity index (χ1v) is 7.76. The van der Waals surface area contributed by atoms with E-state index in [0.717, 1.165) is 25.1 Å². The van der Waals surface area contributed by atoms with E-state index in [1.54, 1.807) is 0 Å². The molecule has 1 amide bonds. The molecule has 1 aromatic rings. The number of amides is 1. The Hall–Kier alpha value is -1.79. The molecule has 1 aromatic carbocycles. The van der Waals surface area contributed by atoms with Crippen LogP contribution < -0.4 is 14.8 Å². The van der Waals surface area contributed by atoms with Crippen molar-refractivity contribution in [2.75, 3.05) is 32.8 Å². The molecule has 0 spiro atoms. The number of rotatable bonds is 5. The van der Waals surface area contributed by atoms with Gasteiger partial charge in [0.15, 0.2) is 11.5 Å². The summed E-state index contributed by atoms with van der Waals surface area (Å²) < 4.78 is 11.4. The van der Waals surface area contributed by atoms with Gasteiger partial charge in [-0.05, 0) is 31.5 Å². The fraction of sp³-hybridized carbons (Fsp3) is 0.562. The Morgan fingerprint density at radius 2 is 2.18 bits per heavy atom. The average molecular weight is 306 g/mol. The maximum Gasteiger partial charge on any atom is 0.234 e. The minimum absolute atomic E-state index is 0.0391. The summed E-state index contributed by atoms with van der Waals surface area (Å²) in [5, 5.41) is 12.2. The molecule has 6 heteroatoms. The number of carbonyl (C=O) groups is 1. The molecule has 1 saturated heterocycles. The van der Waals surface area contributed by atoms with Crippen LogP contribution >= 0.6 is 0 Å². The van der Waals surface area contributed by atoms with E-state index in [1.165, 1.54) is 0 Å². The third-order valence-electron chi connectivity index (χ3n) is 4.15. The van der Waals surface area contributed by atoms with Gasteiger partial charge in [-0.15, -0.1) is 0 Å². The third kappa shape index (κ3) is 3.51. The molecule has 6 nitrogen and oxygen atoms in total. The lowest BCUT2D eigenvalue weighted by atomic mass is 10.2. The highest BCUT2D eigenvalue weighted by atomic mass is 16.6. The van der Waals surface area contributed by atoms with Crippen molar-refractivity contribution in [1.82, 2.24) is 10.2 Å². The molecule has 2 aliphatic heterocycles. The Bertz CT molecular complexity index is 523. The van der Waals surface area contributed by atoms with E-state index in [0.29, 0.717) is 25.4 Å². The Balaban J connectivity index is 1.44. The Kier molecular flexibility index (Phi) is 4.80. The number of carbonyl (C=O) groups excluding carboxylic acids is 1. The van der Waals surface area contributed by atoms with Crippen LogP contribution in [0.25, 0.3) is 0 Å². The minimum atomic E-state index is -0.175. The fourth-order valence-electron chi connectivity index (χ4n) is 2.94. The second-order valence-corrected chi connectivity index (χ2v) is 5.75. The molecule has 2 N–H and O–H groups in total. The molecule has 0 aliphatic carbocycles. The maximum atomic E-state index is 12.0. The SMILES string of the molecule is O=C(CN1CCC[C@H]1CO)NC[C@@H]1COc2ccccc2O1. The number of para-hydroxylation sites is 2. The summed E-state index contributed by atoms with van der Waals surface area (Å²) >= 11 is 0. The summed E-state index contributed by atoms with van der Waals surface area (Å²) in [6.45, 7) is 2.17. The molecule has 2 aliphatic rings. The molecule has 0 unspecified atom stereocenters. The lowest BCUT2D eigenvalue weighted by Crippen LogP contribution is -2.45. The number of aliphatic hydroxyl groups excluding tert-OH is 1. The van der Waals surface area contributed by atoms with E-state index in [1.807, 2.05) is 29.2 Å². The molecule has 22 heavy (non-hydrogen) atoms. The molecule has 0 radical (unpaired) electrons. The first kappa shape index (κ1) is 15.1. The summed E-state index contributed by atoms with van der Waals surface area (Å²) in [7, 11) is 0. The molecule has 2 atom stereocenters. The van der Waals surface area contributed by atoms with E-state index in [-0.39, 0.29) is 24.7 Å². The monoisotopic (exact) mass is 306 g/mol. The normalized spacial score (nSPS) is 24.2. The van der Waals surface area contributed by atoms with Gasteiger partial charge in [-0.1, -0.05) is 12.1 Å². The second kappa shape index (κ2) is 6.98. The van der Waals surface area contributed by atoms with Gasteiger partial charge < -0.3 is 19.9 Å². The topological polar surface area (TPSA) is 71.0 Å². The van der Waals surface area contributed by atoms with Gasteiger partial charge in [0.2, 0.25) is 5.91 Å². The summed E-state index contributed by atoms with van der Waals surface area (Å²) in [6, 6.07) is 7.64. The highest BCUT2D eigenvalue weighted by Crippen LogP contribution is 2.30. The molecule has 0 bridgehead atoms. The van der Waals surface area contributed by atoms with Gasteiger partial charge in [0.1, 0.15) is 12.7 Å². The molecule has 1 fully saturated rings. The van der Waals surface area contributed by atoms with Gasteiger partial charge in [0, 0.05) is 6.04 Å². The molecular weight excluding hydrogens is 284 g/mol. The van der Waals surface area contributed by atoms with Crippen LogP contribution in [0.2, 0.25) is 0 Å². The van der Waals surface area contributed by atoms with Gasteiger partial charge in [0.05, 0.1) is 19.7 Å². The van der Waals surface area contributed by atoms with Crippen molar-refractivity contribution in [2.24, 2.45) is 0 Å². The van der Waals surface area contributed by atoms with E-state index in [9.17, 15) is 9.90 Å². The minimum Gasteiger partial charge on any atom is -0.486 e. The maximum absolute atomic E-state index is 12.0. The van der Waals surface area contributed by atoms with Crippen molar-refractivity contribution in [3.05, 3.63) is 24.3 Å². The van der Waals surface area contributed by atoms with Crippen molar-refractivity contribution >= 4 is 5.91 Å². The van der Waals surface area contributed by atoms with E-state index >= 15 is 0 Å². The number of benzene rings is 1. The Morgan fingerprint density at radius 1 is 1.36 bits per heavy atom. The average Bonchev–Trinajstić information content (AvgIpc) is 3.00. The van der Waals surface area contributed by atoms with Crippen molar-refractivity contribution in [3.8, 4) is 11.5 Å². The van der Waals surface area contributed by atoms with E-state index in [2.05, 4.69) is 5.32 Å². The zero-order valence-corrected chi connectivity index (χ0v) is 12.5. The van der Waals surface area contributed by atoms with Gasteiger partial charge >= 0.3 is 0 Å². The molecule has 3 rings (SSSR count). The van der Waals surface area contributed by atoms with E-state index < -0.39 is 0 Å². The highest BCUT2D eigenvalue weighted by molar-refractivity contribution is 5.78. The number of ether oxygens (including phenoxy) is 2. The number of hydrogen-bond acceptors (Lipinski definition) is 5. The quantitative estimate of drug-likeness (QED) is 0.824. The van der Waals surface area contributed by atoms with Gasteiger partial charge in [0.25, 0.3) is 0 Å². The zero-order chi connectivity index (χ0) is 15.4. The van der Waals surface area contributed by atoms with Crippen molar-refractivity contribution in [3.63, 3.8) is 0 Å². The smallest absolute Gasteiger partial charge is 0.234 e. The van der Waals surface area contributed by atoms with Crippen LogP contribution in [0.15, 0.2) is 24.3 Å². The Morgan fingerprint density at radius 3 is 3.00 bits per heavy atom. The molecular formula is C16H22N2O4. The van der Waals surface area contributed by atoms with Crippen molar-refractivity contribution < 1.29 is 19.4 Å². The lowest BCUT2D eigenvalue weighted by molar-refractivity contribution is -0.123. The standard InChI is InChI=1S/C16H22N2O4/c19-10-12-4-3-7-18(12)9-16(20)17-8-13-11-21-14-5-1-2-6-15(14)22-13/h1-2,5-6,12-13,19H,3-4,7-11H2,(H,17,20)/t12-,13+/m0/s1. The van der Waals surface area contributed by atoms with Crippen molar-refractivity contribution in [2.45, 2.75) is 25.0 Å². The number of fused-ring (bicyclic) bond motifs is 1. The lowest BCUT2D eigenvalue weighted by Gasteiger charge is -2.27. The Labute approximate surface area is 130 Å². The summed E-state index contributed by atoms with van der Waals surface area (Å²) in [5.41, 5.74) is 0. The summed E-state index contributed by atoms with van der Waals surface area (Å²) in [6.07, 6.45) is 1.82. The number of nitrogens with one attached hydrogen (secondary N) is 1.